The van der Waals surface area contributed by atoms with Crippen LogP contribution in [0.3, 0.4) is 0 Å². The SMILES string of the molecule is CCOc1ccc(N=C2NC(=O)/C(=C\c3cc(C)n(-c4ccc(C#N)cc4)c3C)S2)cc1. The molecule has 7 heteroatoms. The van der Waals surface area contributed by atoms with E-state index in [2.05, 4.69) is 27.0 Å². The van der Waals surface area contributed by atoms with Crippen LogP contribution in [0.15, 0.2) is 64.5 Å². The Labute approximate surface area is 191 Å². The average molecular weight is 443 g/mol. The highest BCUT2D eigenvalue weighted by Gasteiger charge is 2.24. The molecule has 1 aromatic heterocycles. The number of rotatable bonds is 5. The molecule has 4 rings (SSSR count). The minimum Gasteiger partial charge on any atom is -0.494 e. The number of ether oxygens (including phenoxy) is 1. The molecule has 1 aliphatic heterocycles. The number of aromatic nitrogens is 1. The number of nitrogens with zero attached hydrogens (tertiary/aromatic N) is 3. The van der Waals surface area contributed by atoms with Gasteiger partial charge in [-0.05, 0) is 98.8 Å². The van der Waals surface area contributed by atoms with E-state index in [1.807, 2.05) is 63.2 Å². The summed E-state index contributed by atoms with van der Waals surface area (Å²) in [4.78, 5) is 17.6. The molecule has 160 valence electrons. The van der Waals surface area contributed by atoms with Gasteiger partial charge in [0.2, 0.25) is 0 Å². The maximum Gasteiger partial charge on any atom is 0.264 e. The zero-order valence-electron chi connectivity index (χ0n) is 18.0. The first-order chi connectivity index (χ1) is 15.5. The van der Waals surface area contributed by atoms with Gasteiger partial charge in [-0.2, -0.15) is 5.26 Å². The number of amidine groups is 1. The third-order valence-electron chi connectivity index (χ3n) is 5.04. The zero-order valence-corrected chi connectivity index (χ0v) is 18.9. The second-order valence-electron chi connectivity index (χ2n) is 7.23. The van der Waals surface area contributed by atoms with Crippen molar-refractivity contribution >= 4 is 34.6 Å². The second kappa shape index (κ2) is 9.16. The normalized spacial score (nSPS) is 15.8. The summed E-state index contributed by atoms with van der Waals surface area (Å²) in [6, 6.07) is 19.1. The van der Waals surface area contributed by atoms with Crippen LogP contribution in [-0.4, -0.2) is 22.2 Å². The Morgan fingerprint density at radius 1 is 1.16 bits per heavy atom. The van der Waals surface area contributed by atoms with Gasteiger partial charge in [-0.15, -0.1) is 0 Å². The summed E-state index contributed by atoms with van der Waals surface area (Å²) < 4.78 is 7.56. The van der Waals surface area contributed by atoms with E-state index in [9.17, 15) is 4.79 Å². The third-order valence-corrected chi connectivity index (χ3v) is 5.95. The number of nitriles is 1. The van der Waals surface area contributed by atoms with E-state index in [1.54, 1.807) is 12.1 Å². The fourth-order valence-corrected chi connectivity index (χ4v) is 4.37. The molecule has 2 heterocycles. The Hall–Kier alpha value is -3.76. The largest absolute Gasteiger partial charge is 0.494 e. The van der Waals surface area contributed by atoms with E-state index in [0.29, 0.717) is 22.2 Å². The highest BCUT2D eigenvalue weighted by molar-refractivity contribution is 8.18. The van der Waals surface area contributed by atoms with Gasteiger partial charge >= 0.3 is 0 Å². The van der Waals surface area contributed by atoms with Crippen LogP contribution in [0, 0.1) is 25.2 Å². The molecule has 1 aliphatic rings. The van der Waals surface area contributed by atoms with Crippen LogP contribution in [-0.2, 0) is 4.79 Å². The molecule has 0 unspecified atom stereocenters. The van der Waals surface area contributed by atoms with Crippen molar-refractivity contribution in [2.24, 2.45) is 4.99 Å². The van der Waals surface area contributed by atoms with Crippen molar-refractivity contribution in [3.05, 3.63) is 82.0 Å². The lowest BCUT2D eigenvalue weighted by molar-refractivity contribution is -0.115. The summed E-state index contributed by atoms with van der Waals surface area (Å²) in [5, 5.41) is 12.4. The number of benzene rings is 2. The zero-order chi connectivity index (χ0) is 22.7. The number of carbonyl (C=O) groups excluding carboxylic acids is 1. The number of thioether (sulfide) groups is 1. The number of nitrogens with one attached hydrogen (secondary N) is 1. The molecule has 0 atom stereocenters. The molecule has 0 aliphatic carbocycles. The lowest BCUT2D eigenvalue weighted by Gasteiger charge is -2.09. The molecular weight excluding hydrogens is 420 g/mol. The van der Waals surface area contributed by atoms with E-state index in [0.717, 1.165) is 34.1 Å². The second-order valence-corrected chi connectivity index (χ2v) is 8.26. The van der Waals surface area contributed by atoms with Crippen molar-refractivity contribution in [2.75, 3.05) is 6.61 Å². The lowest BCUT2D eigenvalue weighted by Crippen LogP contribution is -2.19. The Kier molecular flexibility index (Phi) is 6.15. The van der Waals surface area contributed by atoms with Gasteiger partial charge in [0.05, 0.1) is 28.8 Å². The van der Waals surface area contributed by atoms with Gasteiger partial charge in [0.1, 0.15) is 5.75 Å². The molecular formula is C25H22N4O2S. The highest BCUT2D eigenvalue weighted by Crippen LogP contribution is 2.31. The van der Waals surface area contributed by atoms with E-state index in [-0.39, 0.29) is 5.91 Å². The molecule has 2 aromatic carbocycles. The number of hydrogen-bond donors (Lipinski definition) is 1. The first kappa shape index (κ1) is 21.5. The Morgan fingerprint density at radius 2 is 1.88 bits per heavy atom. The quantitative estimate of drug-likeness (QED) is 0.547. The molecule has 1 saturated heterocycles. The first-order valence-corrected chi connectivity index (χ1v) is 11.0. The van der Waals surface area contributed by atoms with E-state index in [1.165, 1.54) is 11.8 Å². The molecule has 6 nitrogen and oxygen atoms in total. The van der Waals surface area contributed by atoms with E-state index in [4.69, 9.17) is 10.00 Å². The Morgan fingerprint density at radius 3 is 2.53 bits per heavy atom. The maximum atomic E-state index is 12.5. The minimum absolute atomic E-state index is 0.164. The molecule has 1 fully saturated rings. The van der Waals surface area contributed by atoms with Crippen molar-refractivity contribution in [2.45, 2.75) is 20.8 Å². The van der Waals surface area contributed by atoms with Crippen molar-refractivity contribution < 1.29 is 9.53 Å². The maximum absolute atomic E-state index is 12.5. The van der Waals surface area contributed by atoms with Crippen molar-refractivity contribution in [1.29, 1.82) is 5.26 Å². The summed E-state index contributed by atoms with van der Waals surface area (Å²) in [6.45, 7) is 6.59. The van der Waals surface area contributed by atoms with Crippen LogP contribution in [0.2, 0.25) is 0 Å². The molecule has 0 bridgehead atoms. The predicted octanol–water partition coefficient (Wildman–Crippen LogP) is 5.26. The van der Waals surface area contributed by atoms with E-state index < -0.39 is 0 Å². The van der Waals surface area contributed by atoms with Crippen molar-refractivity contribution in [3.8, 4) is 17.5 Å². The predicted molar refractivity (Wildman–Crippen MR) is 128 cm³/mol. The smallest absolute Gasteiger partial charge is 0.264 e. The van der Waals surface area contributed by atoms with Gasteiger partial charge in [-0.3, -0.25) is 4.79 Å². The molecule has 32 heavy (non-hydrogen) atoms. The first-order valence-electron chi connectivity index (χ1n) is 10.2. The topological polar surface area (TPSA) is 79.4 Å². The summed E-state index contributed by atoms with van der Waals surface area (Å²) >= 11 is 1.32. The fraction of sp³-hybridized carbons (Fsp3) is 0.160. The fourth-order valence-electron chi connectivity index (χ4n) is 3.54. The van der Waals surface area contributed by atoms with Gasteiger partial charge in [0.25, 0.3) is 5.91 Å². The van der Waals surface area contributed by atoms with Crippen LogP contribution >= 0.6 is 11.8 Å². The molecule has 0 saturated carbocycles. The van der Waals surface area contributed by atoms with Crippen LogP contribution in [0.4, 0.5) is 5.69 Å². The molecule has 0 radical (unpaired) electrons. The van der Waals surface area contributed by atoms with Gasteiger partial charge in [0, 0.05) is 17.1 Å². The standard InChI is InChI=1S/C25H22N4O2S/c1-4-31-22-11-7-20(8-12-22)27-25-28-24(30)23(32-25)14-19-13-16(2)29(17(19)3)21-9-5-18(15-26)6-10-21/h5-14H,4H2,1-3H3,(H,27,28,30)/b23-14+. The monoisotopic (exact) mass is 442 g/mol. The molecule has 1 N–H and O–H groups in total. The summed E-state index contributed by atoms with van der Waals surface area (Å²) in [5.74, 6) is 0.626. The van der Waals surface area contributed by atoms with Crippen LogP contribution in [0.1, 0.15) is 29.4 Å². The highest BCUT2D eigenvalue weighted by atomic mass is 32.2. The Balaban J connectivity index is 1.57. The van der Waals surface area contributed by atoms with Gasteiger partial charge < -0.3 is 14.6 Å². The van der Waals surface area contributed by atoms with Crippen LogP contribution in [0.25, 0.3) is 11.8 Å². The number of hydrogen-bond acceptors (Lipinski definition) is 5. The van der Waals surface area contributed by atoms with Gasteiger partial charge in [0.15, 0.2) is 5.17 Å². The third kappa shape index (κ3) is 4.46. The molecule has 3 aromatic rings. The number of amides is 1. The summed E-state index contributed by atoms with van der Waals surface area (Å²) in [6.07, 6.45) is 1.89. The summed E-state index contributed by atoms with van der Waals surface area (Å²) in [7, 11) is 0. The van der Waals surface area contributed by atoms with Crippen LogP contribution < -0.4 is 10.1 Å². The molecule has 1 amide bonds. The number of aliphatic imine (C=N–C) groups is 1. The Bertz CT molecular complexity index is 1260. The summed E-state index contributed by atoms with van der Waals surface area (Å²) in [5.41, 5.74) is 5.38. The lowest BCUT2D eigenvalue weighted by atomic mass is 10.2. The van der Waals surface area contributed by atoms with Crippen molar-refractivity contribution in [3.63, 3.8) is 0 Å². The minimum atomic E-state index is -0.164. The number of carbonyl (C=O) groups is 1. The van der Waals surface area contributed by atoms with Crippen molar-refractivity contribution in [1.82, 2.24) is 9.88 Å². The van der Waals surface area contributed by atoms with Gasteiger partial charge in [-0.1, -0.05) is 0 Å². The van der Waals surface area contributed by atoms with E-state index >= 15 is 0 Å². The van der Waals surface area contributed by atoms with Gasteiger partial charge in [-0.25, -0.2) is 4.99 Å². The average Bonchev–Trinajstić information content (AvgIpc) is 3.27. The van der Waals surface area contributed by atoms with Crippen LogP contribution in [0.5, 0.6) is 5.75 Å². The molecule has 0 spiro atoms. The number of aryl methyl sites for hydroxylation is 1.